The first-order valence-corrected chi connectivity index (χ1v) is 7.86. The first-order chi connectivity index (χ1) is 9.75. The van der Waals surface area contributed by atoms with Crippen LogP contribution in [0.3, 0.4) is 0 Å². The molecule has 1 aliphatic carbocycles. The van der Waals surface area contributed by atoms with Gasteiger partial charge in [0.2, 0.25) is 0 Å². The molecule has 0 radical (unpaired) electrons. The molecular weight excluding hydrogens is 330 g/mol. The molecule has 1 saturated carbocycles. The van der Waals surface area contributed by atoms with Crippen LogP contribution < -0.4 is 5.73 Å². The molecule has 1 heterocycles. The van der Waals surface area contributed by atoms with E-state index >= 15 is 0 Å². The third-order valence-electron chi connectivity index (χ3n) is 5.44. The second kappa shape index (κ2) is 4.53. The number of benzene rings is 1. The van der Waals surface area contributed by atoms with E-state index in [1.807, 2.05) is 22.9 Å². The van der Waals surface area contributed by atoms with E-state index in [2.05, 4.69) is 59.2 Å². The van der Waals surface area contributed by atoms with Crippen molar-refractivity contribution in [3.63, 3.8) is 0 Å². The molecule has 0 bridgehead atoms. The van der Waals surface area contributed by atoms with Gasteiger partial charge in [0.05, 0.1) is 0 Å². The van der Waals surface area contributed by atoms with Crippen LogP contribution in [-0.2, 0) is 6.54 Å². The van der Waals surface area contributed by atoms with E-state index in [1.54, 1.807) is 0 Å². The van der Waals surface area contributed by atoms with Gasteiger partial charge in [0.1, 0.15) is 0 Å². The van der Waals surface area contributed by atoms with Crippen molar-refractivity contribution in [2.75, 3.05) is 5.73 Å². The molecule has 0 aliphatic heterocycles. The van der Waals surface area contributed by atoms with Crippen LogP contribution >= 0.6 is 15.9 Å². The number of hydrogen-bond acceptors (Lipinski definition) is 4. The van der Waals surface area contributed by atoms with Crippen LogP contribution in [0.4, 0.5) is 5.69 Å². The maximum atomic E-state index is 5.88. The lowest BCUT2D eigenvalue weighted by Gasteiger charge is -2.08. The van der Waals surface area contributed by atoms with Crippen LogP contribution in [0, 0.1) is 16.7 Å². The molecule has 6 heteroatoms. The van der Waals surface area contributed by atoms with Gasteiger partial charge in [-0.1, -0.05) is 43.6 Å². The number of nitrogens with two attached hydrogens (primary N) is 1. The normalized spacial score (nSPS) is 19.7. The average Bonchev–Trinajstić information content (AvgIpc) is 2.76. The zero-order chi connectivity index (χ0) is 15.4. The minimum atomic E-state index is 0.309. The molecule has 2 aromatic rings. The van der Waals surface area contributed by atoms with Gasteiger partial charge in [-0.3, -0.25) is 0 Å². The molecule has 112 valence electrons. The first-order valence-electron chi connectivity index (χ1n) is 7.06. The summed E-state index contributed by atoms with van der Waals surface area (Å²) in [5.74, 6) is 1.32. The van der Waals surface area contributed by atoms with Crippen molar-refractivity contribution in [2.24, 2.45) is 16.7 Å². The quantitative estimate of drug-likeness (QED) is 0.862. The van der Waals surface area contributed by atoms with Crippen LogP contribution in [0.1, 0.15) is 27.7 Å². The Balaban J connectivity index is 1.94. The van der Waals surface area contributed by atoms with Gasteiger partial charge in [-0.15, -0.1) is 5.10 Å². The van der Waals surface area contributed by atoms with Crippen molar-refractivity contribution >= 4 is 21.6 Å². The highest BCUT2D eigenvalue weighted by atomic mass is 79.9. The van der Waals surface area contributed by atoms with Crippen molar-refractivity contribution in [2.45, 2.75) is 34.2 Å². The van der Waals surface area contributed by atoms with E-state index in [4.69, 9.17) is 5.73 Å². The van der Waals surface area contributed by atoms with Crippen LogP contribution in [0.15, 0.2) is 22.7 Å². The maximum absolute atomic E-state index is 5.88. The summed E-state index contributed by atoms with van der Waals surface area (Å²) >= 11 is 3.55. The minimum absolute atomic E-state index is 0.309. The highest BCUT2D eigenvalue weighted by molar-refractivity contribution is 9.10. The Morgan fingerprint density at radius 3 is 2.52 bits per heavy atom. The van der Waals surface area contributed by atoms with Gasteiger partial charge < -0.3 is 5.73 Å². The van der Waals surface area contributed by atoms with Crippen LogP contribution in [0.5, 0.6) is 0 Å². The van der Waals surface area contributed by atoms with E-state index in [1.165, 1.54) is 0 Å². The monoisotopic (exact) mass is 349 g/mol. The summed E-state index contributed by atoms with van der Waals surface area (Å²) in [5.41, 5.74) is 8.13. The summed E-state index contributed by atoms with van der Waals surface area (Å²) in [6.45, 7) is 10.0. The van der Waals surface area contributed by atoms with Gasteiger partial charge in [-0.05, 0) is 45.4 Å². The van der Waals surface area contributed by atoms with Crippen LogP contribution in [0.2, 0.25) is 0 Å². The highest BCUT2D eigenvalue weighted by Crippen LogP contribution is 2.68. The molecule has 1 aromatic heterocycles. The predicted molar refractivity (Wildman–Crippen MR) is 86.4 cm³/mol. The van der Waals surface area contributed by atoms with Gasteiger partial charge >= 0.3 is 0 Å². The SMILES string of the molecule is CC1(C)C(Cn2nnnc2-c2cc(N)ccc2Br)C1(C)C. The Labute approximate surface area is 133 Å². The van der Waals surface area contributed by atoms with E-state index in [0.717, 1.165) is 22.4 Å². The van der Waals surface area contributed by atoms with E-state index in [-0.39, 0.29) is 0 Å². The van der Waals surface area contributed by atoms with Crippen LogP contribution in [0.25, 0.3) is 11.4 Å². The fourth-order valence-corrected chi connectivity index (χ4v) is 3.62. The molecule has 0 amide bonds. The molecule has 2 N–H and O–H groups in total. The van der Waals surface area contributed by atoms with Crippen molar-refractivity contribution < 1.29 is 0 Å². The van der Waals surface area contributed by atoms with Crippen molar-refractivity contribution in [3.05, 3.63) is 22.7 Å². The number of anilines is 1. The lowest BCUT2D eigenvalue weighted by Crippen LogP contribution is -2.08. The number of hydrogen-bond donors (Lipinski definition) is 1. The molecule has 1 aromatic carbocycles. The fourth-order valence-electron chi connectivity index (χ4n) is 3.20. The summed E-state index contributed by atoms with van der Waals surface area (Å²) in [5, 5.41) is 12.2. The fraction of sp³-hybridized carbons (Fsp3) is 0.533. The molecule has 21 heavy (non-hydrogen) atoms. The van der Waals surface area contributed by atoms with Gasteiger partial charge in [-0.25, -0.2) is 4.68 Å². The summed E-state index contributed by atoms with van der Waals surface area (Å²) in [6, 6.07) is 5.68. The maximum Gasteiger partial charge on any atom is 0.183 e. The molecule has 3 rings (SSSR count). The summed E-state index contributed by atoms with van der Waals surface area (Å²) in [6.07, 6.45) is 0. The van der Waals surface area contributed by atoms with Gasteiger partial charge in [0.25, 0.3) is 0 Å². The Hall–Kier alpha value is -1.43. The van der Waals surface area contributed by atoms with E-state index < -0.39 is 0 Å². The molecule has 0 atom stereocenters. The lowest BCUT2D eigenvalue weighted by atomic mass is 10.0. The average molecular weight is 350 g/mol. The number of aromatic nitrogens is 4. The van der Waals surface area contributed by atoms with E-state index in [9.17, 15) is 0 Å². The molecule has 0 saturated heterocycles. The Morgan fingerprint density at radius 2 is 1.90 bits per heavy atom. The van der Waals surface area contributed by atoms with Crippen molar-refractivity contribution in [3.8, 4) is 11.4 Å². The van der Waals surface area contributed by atoms with Crippen molar-refractivity contribution in [1.82, 2.24) is 20.2 Å². The van der Waals surface area contributed by atoms with Gasteiger partial charge in [0.15, 0.2) is 5.82 Å². The Morgan fingerprint density at radius 1 is 1.24 bits per heavy atom. The zero-order valence-corrected chi connectivity index (χ0v) is 14.3. The number of nitrogens with zero attached hydrogens (tertiary/aromatic N) is 4. The second-order valence-electron chi connectivity index (χ2n) is 6.92. The van der Waals surface area contributed by atoms with Crippen LogP contribution in [-0.4, -0.2) is 20.2 Å². The topological polar surface area (TPSA) is 69.6 Å². The standard InChI is InChI=1S/C15H20BrN5/c1-14(2)12(15(14,3)4)8-21-13(18-19-20-21)10-7-9(17)5-6-11(10)16/h5-7,12H,8,17H2,1-4H3. The molecule has 0 spiro atoms. The number of tetrazole rings is 1. The third kappa shape index (κ3) is 2.16. The predicted octanol–water partition coefficient (Wildman–Crippen LogP) is 3.37. The van der Waals surface area contributed by atoms with Gasteiger partial charge in [-0.2, -0.15) is 0 Å². The smallest absolute Gasteiger partial charge is 0.183 e. The Bertz CT molecular complexity index is 675. The third-order valence-corrected chi connectivity index (χ3v) is 6.13. The summed E-state index contributed by atoms with van der Waals surface area (Å²) in [4.78, 5) is 0. The second-order valence-corrected chi connectivity index (χ2v) is 7.77. The first kappa shape index (κ1) is 14.5. The summed E-state index contributed by atoms with van der Waals surface area (Å²) in [7, 11) is 0. The molecule has 1 fully saturated rings. The van der Waals surface area contributed by atoms with E-state index in [0.29, 0.717) is 22.4 Å². The highest BCUT2D eigenvalue weighted by Gasteiger charge is 2.64. The number of rotatable bonds is 3. The number of halogens is 1. The van der Waals surface area contributed by atoms with Crippen molar-refractivity contribution in [1.29, 1.82) is 0 Å². The molecule has 1 aliphatic rings. The Kier molecular flexibility index (Phi) is 3.13. The molecular formula is C15H20BrN5. The van der Waals surface area contributed by atoms with Gasteiger partial charge in [0, 0.05) is 22.3 Å². The number of nitrogen functional groups attached to an aromatic ring is 1. The largest absolute Gasteiger partial charge is 0.399 e. The molecule has 0 unspecified atom stereocenters. The minimum Gasteiger partial charge on any atom is -0.399 e. The lowest BCUT2D eigenvalue weighted by molar-refractivity contribution is 0.457. The summed E-state index contributed by atoms with van der Waals surface area (Å²) < 4.78 is 2.84. The zero-order valence-electron chi connectivity index (χ0n) is 12.8. The molecule has 5 nitrogen and oxygen atoms in total.